The molecule has 4 aromatic rings. The van der Waals surface area contributed by atoms with Crippen molar-refractivity contribution in [2.24, 2.45) is 0 Å². The zero-order valence-electron chi connectivity index (χ0n) is 12.4. The monoisotopic (exact) mass is 320 g/mol. The van der Waals surface area contributed by atoms with Crippen LogP contribution in [-0.2, 0) is 0 Å². The van der Waals surface area contributed by atoms with Crippen LogP contribution in [-0.4, -0.2) is 31.3 Å². The minimum absolute atomic E-state index is 0.194. The lowest BCUT2D eigenvalue weighted by molar-refractivity contribution is 0.0997. The fraction of sp³-hybridized carbons (Fsp3) is 0. The highest BCUT2D eigenvalue weighted by molar-refractivity contribution is 6.04. The second-order valence-corrected chi connectivity index (χ2v) is 4.98. The number of hydrogen-bond acceptors (Lipinski definition) is 5. The van der Waals surface area contributed by atoms with Crippen molar-refractivity contribution in [3.63, 3.8) is 0 Å². The summed E-state index contributed by atoms with van der Waals surface area (Å²) in [6.07, 6.45) is 6.51. The number of H-pyrrole nitrogens is 2. The van der Waals surface area contributed by atoms with E-state index in [9.17, 15) is 4.79 Å². The molecule has 8 nitrogen and oxygen atoms in total. The predicted octanol–water partition coefficient (Wildman–Crippen LogP) is 2.71. The Bertz CT molecular complexity index is 956. The van der Waals surface area contributed by atoms with Crippen LogP contribution >= 0.6 is 0 Å². The summed E-state index contributed by atoms with van der Waals surface area (Å²) in [5.41, 5.74) is 2.61. The molecule has 0 saturated carbocycles. The Balaban J connectivity index is 1.56. The summed E-state index contributed by atoms with van der Waals surface area (Å²) < 4.78 is 5.57. The fourth-order valence-electron chi connectivity index (χ4n) is 2.27. The van der Waals surface area contributed by atoms with Gasteiger partial charge in [0, 0.05) is 12.4 Å². The lowest BCUT2D eigenvalue weighted by atomic mass is 10.2. The van der Waals surface area contributed by atoms with E-state index in [1.54, 1.807) is 30.7 Å². The highest BCUT2D eigenvalue weighted by atomic mass is 16.3. The van der Waals surface area contributed by atoms with Crippen molar-refractivity contribution in [3.8, 4) is 22.7 Å². The van der Waals surface area contributed by atoms with Gasteiger partial charge in [-0.15, -0.1) is 0 Å². The van der Waals surface area contributed by atoms with Gasteiger partial charge in [0.2, 0.25) is 0 Å². The van der Waals surface area contributed by atoms with Crippen LogP contribution in [0.25, 0.3) is 22.7 Å². The van der Waals surface area contributed by atoms with Gasteiger partial charge in [-0.3, -0.25) is 20.0 Å². The summed E-state index contributed by atoms with van der Waals surface area (Å²) in [4.78, 5) is 16.6. The third-order valence-corrected chi connectivity index (χ3v) is 3.42. The maximum absolute atomic E-state index is 12.4. The number of aromatic amines is 2. The summed E-state index contributed by atoms with van der Waals surface area (Å²) in [7, 11) is 0. The van der Waals surface area contributed by atoms with Gasteiger partial charge in [0.25, 0.3) is 5.91 Å². The van der Waals surface area contributed by atoms with Crippen molar-refractivity contribution in [3.05, 3.63) is 60.9 Å². The average molecular weight is 320 g/mol. The van der Waals surface area contributed by atoms with Crippen molar-refractivity contribution in [2.75, 3.05) is 5.32 Å². The van der Waals surface area contributed by atoms with Crippen molar-refractivity contribution in [2.45, 2.75) is 0 Å². The van der Waals surface area contributed by atoms with Gasteiger partial charge in [-0.1, -0.05) is 6.07 Å². The van der Waals surface area contributed by atoms with Gasteiger partial charge in [-0.2, -0.15) is 10.2 Å². The maximum atomic E-state index is 12.4. The number of carbonyl (C=O) groups is 1. The van der Waals surface area contributed by atoms with E-state index in [1.165, 1.54) is 6.20 Å². The van der Waals surface area contributed by atoms with E-state index in [-0.39, 0.29) is 11.7 Å². The molecule has 24 heavy (non-hydrogen) atoms. The van der Waals surface area contributed by atoms with Gasteiger partial charge in [0.15, 0.2) is 5.76 Å². The van der Waals surface area contributed by atoms with Crippen LogP contribution in [0.2, 0.25) is 0 Å². The van der Waals surface area contributed by atoms with E-state index < -0.39 is 0 Å². The minimum atomic E-state index is -0.372. The summed E-state index contributed by atoms with van der Waals surface area (Å²) in [6, 6.07) is 8.83. The van der Waals surface area contributed by atoms with Gasteiger partial charge in [-0.05, 0) is 24.3 Å². The zero-order valence-corrected chi connectivity index (χ0v) is 12.4. The Morgan fingerprint density at radius 2 is 2.08 bits per heavy atom. The summed E-state index contributed by atoms with van der Waals surface area (Å²) in [5.74, 6) is 0.383. The average Bonchev–Trinajstić information content (AvgIpc) is 3.36. The smallest absolute Gasteiger partial charge is 0.291 e. The molecule has 0 aromatic carbocycles. The molecule has 0 aliphatic carbocycles. The number of furan rings is 1. The molecule has 4 rings (SSSR count). The molecule has 8 heteroatoms. The van der Waals surface area contributed by atoms with E-state index >= 15 is 0 Å². The molecule has 0 aliphatic heterocycles. The van der Waals surface area contributed by atoms with Crippen LogP contribution in [0, 0.1) is 0 Å². The first kappa shape index (κ1) is 13.9. The SMILES string of the molecule is O=C(Nc1cn[nH]c1-c1ccccn1)c1ccc(-c2cn[nH]c2)o1. The normalized spacial score (nSPS) is 10.7. The summed E-state index contributed by atoms with van der Waals surface area (Å²) in [5, 5.41) is 16.1. The number of carbonyl (C=O) groups excluding carboxylic acids is 1. The number of nitrogens with one attached hydrogen (secondary N) is 3. The second-order valence-electron chi connectivity index (χ2n) is 4.98. The Hall–Kier alpha value is -3.68. The molecule has 1 amide bonds. The Kier molecular flexibility index (Phi) is 3.39. The molecule has 4 aromatic heterocycles. The van der Waals surface area contributed by atoms with E-state index in [4.69, 9.17) is 4.42 Å². The van der Waals surface area contributed by atoms with Gasteiger partial charge in [-0.25, -0.2) is 0 Å². The van der Waals surface area contributed by atoms with Crippen molar-refractivity contribution in [1.29, 1.82) is 0 Å². The van der Waals surface area contributed by atoms with Crippen LogP contribution in [0.15, 0.2) is 59.5 Å². The number of nitrogens with zero attached hydrogens (tertiary/aromatic N) is 3. The fourth-order valence-corrected chi connectivity index (χ4v) is 2.27. The van der Waals surface area contributed by atoms with Crippen LogP contribution in [0.5, 0.6) is 0 Å². The van der Waals surface area contributed by atoms with Crippen LogP contribution in [0.4, 0.5) is 5.69 Å². The highest BCUT2D eigenvalue weighted by Gasteiger charge is 2.16. The molecule has 0 atom stereocenters. The molecule has 0 unspecified atom stereocenters. The maximum Gasteiger partial charge on any atom is 0.291 e. The second kappa shape index (κ2) is 5.84. The number of anilines is 1. The third-order valence-electron chi connectivity index (χ3n) is 3.42. The first-order valence-electron chi connectivity index (χ1n) is 7.16. The molecule has 4 heterocycles. The molecule has 3 N–H and O–H groups in total. The molecule has 0 bridgehead atoms. The zero-order chi connectivity index (χ0) is 16.4. The molecule has 0 radical (unpaired) electrons. The number of amides is 1. The molecule has 0 aliphatic rings. The Morgan fingerprint density at radius 3 is 2.88 bits per heavy atom. The first-order chi connectivity index (χ1) is 11.8. The quantitative estimate of drug-likeness (QED) is 0.535. The van der Waals surface area contributed by atoms with Gasteiger partial charge in [0.1, 0.15) is 11.5 Å². The largest absolute Gasteiger partial charge is 0.451 e. The van der Waals surface area contributed by atoms with E-state index in [2.05, 4.69) is 30.7 Å². The predicted molar refractivity (Wildman–Crippen MR) is 86.1 cm³/mol. The number of pyridine rings is 1. The van der Waals surface area contributed by atoms with Crippen molar-refractivity contribution in [1.82, 2.24) is 25.4 Å². The molecule has 0 saturated heterocycles. The van der Waals surface area contributed by atoms with E-state index in [0.29, 0.717) is 22.8 Å². The van der Waals surface area contributed by atoms with Crippen LogP contribution in [0.1, 0.15) is 10.6 Å². The molecule has 118 valence electrons. The topological polar surface area (TPSA) is 112 Å². The third kappa shape index (κ3) is 2.56. The van der Waals surface area contributed by atoms with Gasteiger partial charge in [0.05, 0.1) is 29.3 Å². The summed E-state index contributed by atoms with van der Waals surface area (Å²) in [6.45, 7) is 0. The number of hydrogen-bond donors (Lipinski definition) is 3. The summed E-state index contributed by atoms with van der Waals surface area (Å²) >= 11 is 0. The molecule has 0 fully saturated rings. The number of aromatic nitrogens is 5. The lowest BCUT2D eigenvalue weighted by Gasteiger charge is -2.03. The Morgan fingerprint density at radius 1 is 1.12 bits per heavy atom. The van der Waals surface area contributed by atoms with Crippen LogP contribution in [0.3, 0.4) is 0 Å². The van der Waals surface area contributed by atoms with E-state index in [1.807, 2.05) is 18.2 Å². The van der Waals surface area contributed by atoms with Crippen LogP contribution < -0.4 is 5.32 Å². The van der Waals surface area contributed by atoms with Crippen molar-refractivity contribution >= 4 is 11.6 Å². The lowest BCUT2D eigenvalue weighted by Crippen LogP contribution is -2.11. The molecular weight excluding hydrogens is 308 g/mol. The highest BCUT2D eigenvalue weighted by Crippen LogP contribution is 2.25. The van der Waals surface area contributed by atoms with Gasteiger partial charge >= 0.3 is 0 Å². The van der Waals surface area contributed by atoms with E-state index in [0.717, 1.165) is 5.56 Å². The van der Waals surface area contributed by atoms with Gasteiger partial charge < -0.3 is 9.73 Å². The standard InChI is InChI=1S/C16H12N6O2/c23-16(14-5-4-13(24-14)10-7-18-19-8-10)21-12-9-20-22-15(12)11-3-1-2-6-17-11/h1-9H,(H,18,19)(H,20,22)(H,21,23). The molecule has 0 spiro atoms. The Labute approximate surface area is 135 Å². The molecular formula is C16H12N6O2. The minimum Gasteiger partial charge on any atom is -0.451 e. The first-order valence-corrected chi connectivity index (χ1v) is 7.16. The number of rotatable bonds is 4. The van der Waals surface area contributed by atoms with Crippen molar-refractivity contribution < 1.29 is 9.21 Å².